The van der Waals surface area contributed by atoms with Gasteiger partial charge >= 0.3 is 12.2 Å². The number of alkyl halides is 3. The molecular weight excluding hydrogens is 409 g/mol. The molecule has 0 spiro atoms. The highest BCUT2D eigenvalue weighted by atomic mass is 19.4. The van der Waals surface area contributed by atoms with Crippen LogP contribution in [0.15, 0.2) is 55.0 Å². The van der Waals surface area contributed by atoms with Gasteiger partial charge in [-0.05, 0) is 42.8 Å². The lowest BCUT2D eigenvalue weighted by Gasteiger charge is -2.35. The van der Waals surface area contributed by atoms with Gasteiger partial charge in [0.05, 0.1) is 29.3 Å². The summed E-state index contributed by atoms with van der Waals surface area (Å²) in [7, 11) is 0. The summed E-state index contributed by atoms with van der Waals surface area (Å²) in [6.07, 6.45) is 0.618. The molecule has 0 aliphatic carbocycles. The summed E-state index contributed by atoms with van der Waals surface area (Å²) in [5, 5.41) is 2.85. The zero-order valence-corrected chi connectivity index (χ0v) is 16.2. The van der Waals surface area contributed by atoms with Crippen LogP contribution in [0.1, 0.15) is 12.1 Å². The Morgan fingerprint density at radius 3 is 2.71 bits per heavy atom. The average Bonchev–Trinajstić information content (AvgIpc) is 3.18. The summed E-state index contributed by atoms with van der Waals surface area (Å²) >= 11 is 0. The van der Waals surface area contributed by atoms with Gasteiger partial charge in [0.2, 0.25) is 0 Å². The first-order valence-electron chi connectivity index (χ1n) is 9.70. The number of anilines is 3. The van der Waals surface area contributed by atoms with Crippen LogP contribution in [0.4, 0.5) is 35.2 Å². The van der Waals surface area contributed by atoms with E-state index in [2.05, 4.69) is 25.2 Å². The molecule has 5 heterocycles. The zero-order valence-electron chi connectivity index (χ0n) is 16.2. The standard InChI is InChI=1S/C21H17F3N6O/c22-21(23,24)18-6-3-13(10-26-18)16-4-5-17-19(28-16)30(15-7-9-29(17)12-15)20(31)27-14-2-1-8-25-11-14/h1-6,8,10-11,15H,7,9,12H2,(H,27,31). The van der Waals surface area contributed by atoms with E-state index >= 15 is 0 Å². The van der Waals surface area contributed by atoms with Gasteiger partial charge in [0.15, 0.2) is 5.82 Å². The van der Waals surface area contributed by atoms with Crippen LogP contribution in [0.5, 0.6) is 0 Å². The molecule has 10 heteroatoms. The van der Waals surface area contributed by atoms with Crippen molar-refractivity contribution in [2.75, 3.05) is 28.2 Å². The Morgan fingerprint density at radius 2 is 2.00 bits per heavy atom. The lowest BCUT2D eigenvalue weighted by Crippen LogP contribution is -2.48. The molecule has 3 aromatic rings. The van der Waals surface area contributed by atoms with Crippen LogP contribution in [-0.4, -0.2) is 40.1 Å². The maximum absolute atomic E-state index is 13.1. The van der Waals surface area contributed by atoms with Gasteiger partial charge in [-0.2, -0.15) is 13.2 Å². The number of nitrogens with one attached hydrogen (secondary N) is 1. The largest absolute Gasteiger partial charge is 0.433 e. The van der Waals surface area contributed by atoms with E-state index in [0.29, 0.717) is 29.3 Å². The minimum Gasteiger partial charge on any atom is -0.366 e. The third-order valence-electron chi connectivity index (χ3n) is 5.43. The number of amides is 2. The maximum atomic E-state index is 13.1. The first-order chi connectivity index (χ1) is 14.9. The molecule has 1 unspecified atom stereocenters. The van der Waals surface area contributed by atoms with E-state index in [9.17, 15) is 18.0 Å². The third kappa shape index (κ3) is 3.54. The van der Waals surface area contributed by atoms with Gasteiger partial charge in [-0.15, -0.1) is 0 Å². The SMILES string of the molecule is O=C(Nc1cccnc1)N1c2nc(-c3ccc(C(F)(F)F)nc3)ccc2N2CCC1C2. The second kappa shape index (κ2) is 7.22. The van der Waals surface area contributed by atoms with Crippen molar-refractivity contribution < 1.29 is 18.0 Å². The average molecular weight is 426 g/mol. The molecule has 0 aromatic carbocycles. The van der Waals surface area contributed by atoms with Crippen LogP contribution >= 0.6 is 0 Å². The van der Waals surface area contributed by atoms with Crippen molar-refractivity contribution in [3.63, 3.8) is 0 Å². The van der Waals surface area contributed by atoms with Crippen molar-refractivity contribution in [1.82, 2.24) is 15.0 Å². The van der Waals surface area contributed by atoms with Gasteiger partial charge in [0.25, 0.3) is 0 Å². The summed E-state index contributed by atoms with van der Waals surface area (Å²) < 4.78 is 38.5. The van der Waals surface area contributed by atoms with Crippen LogP contribution in [0.3, 0.4) is 0 Å². The number of fused-ring (bicyclic) bond motifs is 4. The van der Waals surface area contributed by atoms with E-state index in [-0.39, 0.29) is 12.1 Å². The van der Waals surface area contributed by atoms with E-state index in [1.54, 1.807) is 35.5 Å². The lowest BCUT2D eigenvalue weighted by molar-refractivity contribution is -0.141. The second-order valence-corrected chi connectivity index (χ2v) is 7.40. The fraction of sp³-hybridized carbons (Fsp3) is 0.238. The quantitative estimate of drug-likeness (QED) is 0.665. The number of hydrogen-bond acceptors (Lipinski definition) is 5. The van der Waals surface area contributed by atoms with Crippen molar-refractivity contribution in [3.8, 4) is 11.3 Å². The van der Waals surface area contributed by atoms with Crippen molar-refractivity contribution in [2.45, 2.75) is 18.6 Å². The molecule has 1 fully saturated rings. The number of rotatable bonds is 2. The van der Waals surface area contributed by atoms with E-state index in [1.807, 2.05) is 6.07 Å². The first kappa shape index (κ1) is 19.3. The van der Waals surface area contributed by atoms with Crippen LogP contribution in [0.25, 0.3) is 11.3 Å². The third-order valence-corrected chi connectivity index (χ3v) is 5.43. The van der Waals surface area contributed by atoms with Crippen LogP contribution in [0, 0.1) is 0 Å². The van der Waals surface area contributed by atoms with Gasteiger partial charge in [0, 0.05) is 31.0 Å². The first-order valence-corrected chi connectivity index (χ1v) is 9.70. The molecule has 7 nitrogen and oxygen atoms in total. The molecule has 2 amide bonds. The summed E-state index contributed by atoms with van der Waals surface area (Å²) in [6.45, 7) is 1.51. The monoisotopic (exact) mass is 426 g/mol. The van der Waals surface area contributed by atoms with Gasteiger partial charge in [-0.3, -0.25) is 14.9 Å². The number of carbonyl (C=O) groups is 1. The molecule has 1 atom stereocenters. The fourth-order valence-electron chi connectivity index (χ4n) is 3.97. The Labute approximate surface area is 175 Å². The Hall–Kier alpha value is -3.69. The number of nitrogens with zero attached hydrogens (tertiary/aromatic N) is 5. The lowest BCUT2D eigenvalue weighted by atomic mass is 10.1. The van der Waals surface area contributed by atoms with E-state index in [4.69, 9.17) is 0 Å². The molecule has 0 saturated carbocycles. The Balaban J connectivity index is 1.50. The maximum Gasteiger partial charge on any atom is 0.433 e. The van der Waals surface area contributed by atoms with Crippen LogP contribution < -0.4 is 15.1 Å². The molecular formula is C21H17F3N6O. The van der Waals surface area contributed by atoms with Crippen molar-refractivity contribution >= 4 is 23.2 Å². The van der Waals surface area contributed by atoms with Crippen molar-refractivity contribution in [2.24, 2.45) is 0 Å². The number of aromatic nitrogens is 3. The molecule has 1 saturated heterocycles. The fourth-order valence-corrected chi connectivity index (χ4v) is 3.97. The second-order valence-electron chi connectivity index (χ2n) is 7.40. The summed E-state index contributed by atoms with van der Waals surface area (Å²) in [5.74, 6) is 0.479. The molecule has 31 heavy (non-hydrogen) atoms. The number of hydrogen-bond donors (Lipinski definition) is 1. The molecule has 2 aliphatic heterocycles. The number of pyridine rings is 3. The Morgan fingerprint density at radius 1 is 1.13 bits per heavy atom. The molecule has 0 radical (unpaired) electrons. The highest BCUT2D eigenvalue weighted by Crippen LogP contribution is 2.40. The van der Waals surface area contributed by atoms with Crippen LogP contribution in [-0.2, 0) is 6.18 Å². The number of carbonyl (C=O) groups excluding carboxylic acids is 1. The van der Waals surface area contributed by atoms with E-state index in [0.717, 1.165) is 30.9 Å². The molecule has 3 aromatic heterocycles. The molecule has 5 rings (SSSR count). The molecule has 2 bridgehead atoms. The number of halogens is 3. The minimum atomic E-state index is -4.50. The minimum absolute atomic E-state index is 0.0438. The van der Waals surface area contributed by atoms with E-state index < -0.39 is 11.9 Å². The van der Waals surface area contributed by atoms with Gasteiger partial charge in [-0.25, -0.2) is 9.78 Å². The molecule has 1 N–H and O–H groups in total. The van der Waals surface area contributed by atoms with Gasteiger partial charge in [0.1, 0.15) is 5.69 Å². The summed E-state index contributed by atoms with van der Waals surface area (Å²) in [6, 6.07) is 8.95. The highest BCUT2D eigenvalue weighted by Gasteiger charge is 2.40. The Kier molecular flexibility index (Phi) is 4.49. The normalized spacial score (nSPS) is 17.5. The summed E-state index contributed by atoms with van der Waals surface area (Å²) in [4.78, 5) is 29.1. The van der Waals surface area contributed by atoms with Crippen molar-refractivity contribution in [3.05, 3.63) is 60.7 Å². The predicted octanol–water partition coefficient (Wildman–Crippen LogP) is 4.19. The number of urea groups is 1. The smallest absolute Gasteiger partial charge is 0.366 e. The topological polar surface area (TPSA) is 74.2 Å². The van der Waals surface area contributed by atoms with E-state index in [1.165, 1.54) is 6.07 Å². The highest BCUT2D eigenvalue weighted by molar-refractivity contribution is 6.04. The van der Waals surface area contributed by atoms with Gasteiger partial charge < -0.3 is 10.2 Å². The Bertz CT molecular complexity index is 1120. The van der Waals surface area contributed by atoms with Gasteiger partial charge in [-0.1, -0.05) is 0 Å². The zero-order chi connectivity index (χ0) is 21.6. The van der Waals surface area contributed by atoms with Crippen molar-refractivity contribution in [1.29, 1.82) is 0 Å². The summed E-state index contributed by atoms with van der Waals surface area (Å²) in [5.41, 5.74) is 1.31. The predicted molar refractivity (Wildman–Crippen MR) is 109 cm³/mol. The molecule has 2 aliphatic rings. The van der Waals surface area contributed by atoms with Crippen LogP contribution in [0.2, 0.25) is 0 Å². The molecule has 158 valence electrons.